The molecule has 2 atom stereocenters. The number of anilines is 1. The molecule has 0 aromatic heterocycles. The molecule has 24 heavy (non-hydrogen) atoms. The van der Waals surface area contributed by atoms with E-state index in [9.17, 15) is 14.7 Å². The highest BCUT2D eigenvalue weighted by molar-refractivity contribution is 9.10. The van der Waals surface area contributed by atoms with Crippen LogP contribution in [0.2, 0.25) is 0 Å². The molecule has 0 amide bonds. The molecular weight excluding hydrogens is 372 g/mol. The van der Waals surface area contributed by atoms with E-state index in [1.807, 2.05) is 33.8 Å². The minimum Gasteiger partial charge on any atom is -0.479 e. The minimum absolute atomic E-state index is 0.0400. The van der Waals surface area contributed by atoms with Crippen molar-refractivity contribution in [3.8, 4) is 0 Å². The molecule has 0 spiro atoms. The van der Waals surface area contributed by atoms with Crippen LogP contribution in [0.5, 0.6) is 0 Å². The summed E-state index contributed by atoms with van der Waals surface area (Å²) in [5.74, 6) is -1.09. The van der Waals surface area contributed by atoms with Crippen molar-refractivity contribution >= 4 is 33.4 Å². The number of ketones is 1. The van der Waals surface area contributed by atoms with E-state index in [1.165, 1.54) is 0 Å². The Morgan fingerprint density at radius 1 is 1.38 bits per heavy atom. The molecule has 0 saturated carbocycles. The molecule has 1 aromatic carbocycles. The number of aliphatic carboxylic acids is 1. The number of Topliss-reactive ketones (excluding diaryl/α,β-unsaturated/α-hetero) is 1. The summed E-state index contributed by atoms with van der Waals surface area (Å²) in [5.41, 5.74) is 0.858. The van der Waals surface area contributed by atoms with E-state index < -0.39 is 11.5 Å². The van der Waals surface area contributed by atoms with E-state index in [4.69, 9.17) is 0 Å². The predicted molar refractivity (Wildman–Crippen MR) is 98.8 cm³/mol. The monoisotopic (exact) mass is 396 g/mol. The second-order valence-electron chi connectivity index (χ2n) is 6.24. The number of aryl methyl sites for hydroxylation is 1. The molecule has 6 heteroatoms. The normalized spacial score (nSPS) is 21.3. The fraction of sp³-hybridized carbons (Fsp3) is 0.556. The van der Waals surface area contributed by atoms with Gasteiger partial charge in [0.2, 0.25) is 0 Å². The lowest BCUT2D eigenvalue weighted by Crippen LogP contribution is -2.63. The largest absolute Gasteiger partial charge is 0.479 e. The molecule has 0 radical (unpaired) electrons. The van der Waals surface area contributed by atoms with Gasteiger partial charge in [0.1, 0.15) is 0 Å². The second-order valence-corrected chi connectivity index (χ2v) is 7.16. The lowest BCUT2D eigenvalue weighted by atomic mass is 9.78. The molecular formula is C18H25BrN2O3. The highest BCUT2D eigenvalue weighted by atomic mass is 79.9. The number of nitrogens with one attached hydrogen (secondary N) is 1. The van der Waals surface area contributed by atoms with Crippen LogP contribution in [0.25, 0.3) is 0 Å². The number of nitrogens with zero attached hydrogens (tertiary/aromatic N) is 1. The van der Waals surface area contributed by atoms with Gasteiger partial charge in [0.25, 0.3) is 0 Å². The Bertz CT molecular complexity index is 658. The third-order valence-electron chi connectivity index (χ3n) is 5.10. The Balaban J connectivity index is 2.57. The van der Waals surface area contributed by atoms with Crippen molar-refractivity contribution in [2.45, 2.75) is 52.1 Å². The second kappa shape index (κ2) is 7.23. The summed E-state index contributed by atoms with van der Waals surface area (Å²) in [6.45, 7) is 9.33. The molecule has 5 nitrogen and oxygen atoms in total. The van der Waals surface area contributed by atoms with Gasteiger partial charge < -0.3 is 10.4 Å². The van der Waals surface area contributed by atoms with Crippen molar-refractivity contribution < 1.29 is 14.7 Å². The minimum atomic E-state index is -1.32. The van der Waals surface area contributed by atoms with Crippen molar-refractivity contribution in [1.29, 1.82) is 0 Å². The summed E-state index contributed by atoms with van der Waals surface area (Å²) in [7, 11) is 0. The van der Waals surface area contributed by atoms with Gasteiger partial charge in [-0.05, 0) is 44.1 Å². The molecule has 1 heterocycles. The van der Waals surface area contributed by atoms with Crippen molar-refractivity contribution in [1.82, 2.24) is 4.90 Å². The third-order valence-corrected chi connectivity index (χ3v) is 5.55. The molecule has 1 aliphatic heterocycles. The van der Waals surface area contributed by atoms with Gasteiger partial charge in [-0.2, -0.15) is 0 Å². The molecule has 0 aliphatic carbocycles. The Kier molecular flexibility index (Phi) is 5.71. The lowest BCUT2D eigenvalue weighted by molar-refractivity contribution is -0.144. The number of fused-ring (bicyclic) bond motifs is 1. The van der Waals surface area contributed by atoms with Gasteiger partial charge in [-0.25, -0.2) is 4.79 Å². The van der Waals surface area contributed by atoms with E-state index in [2.05, 4.69) is 26.1 Å². The SMILES string of the molecule is CCc1cc(Br)cc2c1C(=O)CC(C(=O)O)(C(C)N(CC)CC)N2. The van der Waals surface area contributed by atoms with Crippen molar-refractivity contribution in [3.05, 3.63) is 27.7 Å². The summed E-state index contributed by atoms with van der Waals surface area (Å²) < 4.78 is 0.843. The maximum atomic E-state index is 12.9. The lowest BCUT2D eigenvalue weighted by Gasteiger charge is -2.44. The van der Waals surface area contributed by atoms with E-state index >= 15 is 0 Å². The summed E-state index contributed by atoms with van der Waals surface area (Å²) in [6, 6.07) is 3.42. The summed E-state index contributed by atoms with van der Waals surface area (Å²) in [5, 5.41) is 13.2. The molecule has 1 aromatic rings. The van der Waals surface area contributed by atoms with Crippen LogP contribution in [0.15, 0.2) is 16.6 Å². The smallest absolute Gasteiger partial charge is 0.331 e. The summed E-state index contributed by atoms with van der Waals surface area (Å²) in [6.07, 6.45) is 0.683. The first-order chi connectivity index (χ1) is 11.3. The summed E-state index contributed by atoms with van der Waals surface area (Å²) >= 11 is 3.46. The van der Waals surface area contributed by atoms with Crippen LogP contribution in [0.3, 0.4) is 0 Å². The number of likely N-dealkylation sites (N-methyl/N-ethyl adjacent to an activating group) is 1. The van der Waals surface area contributed by atoms with Crippen LogP contribution in [0.4, 0.5) is 5.69 Å². The number of carboxylic acid groups (broad SMARTS) is 1. The number of carbonyl (C=O) groups excluding carboxylic acids is 1. The zero-order valence-corrected chi connectivity index (χ0v) is 16.2. The Labute approximate surface area is 151 Å². The van der Waals surface area contributed by atoms with E-state index in [0.29, 0.717) is 11.3 Å². The number of benzene rings is 1. The van der Waals surface area contributed by atoms with Crippen LogP contribution in [-0.2, 0) is 11.2 Å². The third kappa shape index (κ3) is 3.09. The van der Waals surface area contributed by atoms with Gasteiger partial charge >= 0.3 is 5.97 Å². The van der Waals surface area contributed by atoms with Crippen molar-refractivity contribution in [2.75, 3.05) is 18.4 Å². The molecule has 0 saturated heterocycles. The van der Waals surface area contributed by atoms with Gasteiger partial charge in [-0.3, -0.25) is 9.69 Å². The molecule has 2 N–H and O–H groups in total. The van der Waals surface area contributed by atoms with Crippen molar-refractivity contribution in [3.63, 3.8) is 0 Å². The van der Waals surface area contributed by atoms with Gasteiger partial charge in [-0.15, -0.1) is 0 Å². The van der Waals surface area contributed by atoms with Crippen LogP contribution in [0, 0.1) is 0 Å². The maximum Gasteiger partial charge on any atom is 0.331 e. The highest BCUT2D eigenvalue weighted by Crippen LogP contribution is 2.38. The van der Waals surface area contributed by atoms with Gasteiger partial charge in [0.15, 0.2) is 11.3 Å². The Morgan fingerprint density at radius 3 is 2.50 bits per heavy atom. The van der Waals surface area contributed by atoms with Crippen LogP contribution in [-0.4, -0.2) is 46.4 Å². The predicted octanol–water partition coefficient (Wildman–Crippen LogP) is 3.56. The van der Waals surface area contributed by atoms with Gasteiger partial charge in [0.05, 0.1) is 0 Å². The number of halogens is 1. The van der Waals surface area contributed by atoms with E-state index in [1.54, 1.807) is 6.07 Å². The number of carbonyl (C=O) groups is 2. The van der Waals surface area contributed by atoms with Crippen LogP contribution >= 0.6 is 15.9 Å². The van der Waals surface area contributed by atoms with Gasteiger partial charge in [-0.1, -0.05) is 36.7 Å². The molecule has 1 aliphatic rings. The quantitative estimate of drug-likeness (QED) is 0.768. The zero-order chi connectivity index (χ0) is 18.1. The number of hydrogen-bond donors (Lipinski definition) is 2. The zero-order valence-electron chi connectivity index (χ0n) is 14.6. The first-order valence-corrected chi connectivity index (χ1v) is 9.21. The molecule has 132 valence electrons. The molecule has 2 unspecified atom stereocenters. The van der Waals surface area contributed by atoms with E-state index in [0.717, 1.165) is 29.5 Å². The Morgan fingerprint density at radius 2 is 2.00 bits per heavy atom. The Hall–Kier alpha value is -1.40. The van der Waals surface area contributed by atoms with E-state index in [-0.39, 0.29) is 18.2 Å². The number of carboxylic acids is 1. The number of hydrogen-bond acceptors (Lipinski definition) is 4. The fourth-order valence-electron chi connectivity index (χ4n) is 3.64. The first-order valence-electron chi connectivity index (χ1n) is 8.41. The fourth-order valence-corrected chi connectivity index (χ4v) is 4.14. The summed E-state index contributed by atoms with van der Waals surface area (Å²) in [4.78, 5) is 27.1. The standard InChI is InChI=1S/C18H25BrN2O3/c1-5-12-8-13(19)9-14-16(12)15(22)10-18(20-14,17(23)24)11(4)21(6-2)7-3/h8-9,11,20H,5-7,10H2,1-4H3,(H,23,24). The number of rotatable bonds is 6. The average molecular weight is 397 g/mol. The van der Waals surface area contributed by atoms with Crippen molar-refractivity contribution in [2.24, 2.45) is 0 Å². The first kappa shape index (κ1) is 18.9. The van der Waals surface area contributed by atoms with Crippen LogP contribution < -0.4 is 5.32 Å². The molecule has 0 bridgehead atoms. The van der Waals surface area contributed by atoms with Crippen LogP contribution in [0.1, 0.15) is 50.0 Å². The average Bonchev–Trinajstić information content (AvgIpc) is 2.54. The topological polar surface area (TPSA) is 69.6 Å². The van der Waals surface area contributed by atoms with Gasteiger partial charge in [0, 0.05) is 28.2 Å². The maximum absolute atomic E-state index is 12.9. The molecule has 2 rings (SSSR count). The highest BCUT2D eigenvalue weighted by Gasteiger charge is 2.50. The molecule has 0 fully saturated rings.